The molecule has 0 amide bonds. The van der Waals surface area contributed by atoms with Crippen molar-refractivity contribution in [2.24, 2.45) is 0 Å². The summed E-state index contributed by atoms with van der Waals surface area (Å²) in [6.07, 6.45) is 0.343. The summed E-state index contributed by atoms with van der Waals surface area (Å²) in [6.45, 7) is 2.21. The summed E-state index contributed by atoms with van der Waals surface area (Å²) in [4.78, 5) is 15.1. The number of thiocarbonyl (C=S) groups is 1. The van der Waals surface area contributed by atoms with E-state index in [1.54, 1.807) is 0 Å². The molecule has 0 saturated carbocycles. The van der Waals surface area contributed by atoms with E-state index in [0.717, 1.165) is 25.2 Å². The fourth-order valence-corrected chi connectivity index (χ4v) is 2.69. The van der Waals surface area contributed by atoms with Gasteiger partial charge in [-0.15, -0.1) is 0 Å². The highest BCUT2D eigenvalue weighted by Gasteiger charge is 2.32. The van der Waals surface area contributed by atoms with Gasteiger partial charge in [-0.3, -0.25) is 0 Å². The summed E-state index contributed by atoms with van der Waals surface area (Å²) in [5.41, 5.74) is 0.864. The first-order valence-corrected chi connectivity index (χ1v) is 8.11. The topological polar surface area (TPSA) is 55.2 Å². The van der Waals surface area contributed by atoms with Crippen LogP contribution in [0.3, 0.4) is 0 Å². The van der Waals surface area contributed by atoms with Crippen molar-refractivity contribution in [3.63, 3.8) is 0 Å². The monoisotopic (exact) mass is 338 g/mol. The van der Waals surface area contributed by atoms with E-state index in [-0.39, 0.29) is 0 Å². The van der Waals surface area contributed by atoms with Crippen molar-refractivity contribution in [2.45, 2.75) is 12.5 Å². The largest absolute Gasteiger partial charge is 0.475 e. The second-order valence-corrected chi connectivity index (χ2v) is 6.14. The van der Waals surface area contributed by atoms with Gasteiger partial charge in [0.05, 0.1) is 40.0 Å². The minimum absolute atomic E-state index is 0.342. The number of hydrogen-bond donors (Lipinski definition) is 2. The van der Waals surface area contributed by atoms with Gasteiger partial charge in [0.15, 0.2) is 5.11 Å². The quantitative estimate of drug-likeness (QED) is 0.442. The first kappa shape index (κ1) is 17.5. The molecule has 0 bridgehead atoms. The molecule has 0 spiro atoms. The number of methoxy groups -OCH3 is 1. The number of rotatable bonds is 5. The molecule has 2 rings (SSSR count). The smallest absolute Gasteiger partial charge is 0.348 e. The van der Waals surface area contributed by atoms with Gasteiger partial charge in [-0.1, -0.05) is 12.1 Å². The Morgan fingerprint density at radius 2 is 2.22 bits per heavy atom. The molecule has 23 heavy (non-hydrogen) atoms. The highest BCUT2D eigenvalue weighted by atomic mass is 32.1. The van der Waals surface area contributed by atoms with Crippen LogP contribution in [0.15, 0.2) is 24.3 Å². The van der Waals surface area contributed by atoms with Crippen LogP contribution in [0.25, 0.3) is 0 Å². The molecule has 0 aromatic heterocycles. The number of quaternary nitrogens is 1. The van der Waals surface area contributed by atoms with Crippen molar-refractivity contribution in [2.75, 3.05) is 45.7 Å². The normalized spacial score (nSPS) is 16.5. The molecule has 1 aromatic carbocycles. The third-order valence-corrected chi connectivity index (χ3v) is 3.98. The molecular formula is C16H24N3O3S+. The summed E-state index contributed by atoms with van der Waals surface area (Å²) in [7, 11) is 5.60. The fraction of sp³-hybridized carbons (Fsp3) is 0.500. The van der Waals surface area contributed by atoms with Crippen LogP contribution in [0.4, 0.5) is 5.69 Å². The number of nitrogens with zero attached hydrogens (tertiary/aromatic N) is 1. The van der Waals surface area contributed by atoms with Gasteiger partial charge in [0.1, 0.15) is 5.75 Å². The summed E-state index contributed by atoms with van der Waals surface area (Å²) >= 11 is 5.51. The predicted octanol–water partition coefficient (Wildman–Crippen LogP) is -0.164. The van der Waals surface area contributed by atoms with Crippen LogP contribution in [0.2, 0.25) is 0 Å². The van der Waals surface area contributed by atoms with Crippen molar-refractivity contribution in [1.29, 1.82) is 0 Å². The number of hydrogen-bond acceptors (Lipinski definition) is 4. The van der Waals surface area contributed by atoms with Gasteiger partial charge < -0.3 is 24.6 Å². The van der Waals surface area contributed by atoms with Crippen molar-refractivity contribution < 1.29 is 19.2 Å². The van der Waals surface area contributed by atoms with Crippen LogP contribution in [0, 0.1) is 0 Å². The minimum atomic E-state index is -0.680. The van der Waals surface area contributed by atoms with Crippen LogP contribution < -0.4 is 19.9 Å². The number of nitrogens with one attached hydrogen (secondary N) is 2. The van der Waals surface area contributed by atoms with E-state index >= 15 is 0 Å². The first-order valence-electron chi connectivity index (χ1n) is 7.71. The van der Waals surface area contributed by atoms with Gasteiger partial charge in [0, 0.05) is 13.0 Å². The van der Waals surface area contributed by atoms with Crippen molar-refractivity contribution >= 4 is 29.0 Å². The summed E-state index contributed by atoms with van der Waals surface area (Å²) < 4.78 is 10.5. The van der Waals surface area contributed by atoms with Crippen LogP contribution >= 0.6 is 12.2 Å². The molecule has 0 saturated heterocycles. The van der Waals surface area contributed by atoms with Crippen molar-refractivity contribution in [1.82, 2.24) is 5.32 Å². The lowest BCUT2D eigenvalue weighted by Crippen LogP contribution is -3.05. The Morgan fingerprint density at radius 3 is 2.91 bits per heavy atom. The number of para-hydroxylation sites is 2. The van der Waals surface area contributed by atoms with E-state index in [4.69, 9.17) is 21.7 Å². The van der Waals surface area contributed by atoms with E-state index in [1.165, 1.54) is 12.0 Å². The van der Waals surface area contributed by atoms with Gasteiger partial charge in [0.25, 0.3) is 0 Å². The molecule has 6 nitrogen and oxygen atoms in total. The molecular weight excluding hydrogens is 314 g/mol. The average molecular weight is 338 g/mol. The van der Waals surface area contributed by atoms with Gasteiger partial charge >= 0.3 is 5.97 Å². The number of fused-ring (bicyclic) bond motifs is 1. The molecule has 1 heterocycles. The Kier molecular flexibility index (Phi) is 6.18. The number of carbonyl (C=O) groups excluding carboxylic acids is 1. The number of esters is 1. The first-order chi connectivity index (χ1) is 11.0. The maximum atomic E-state index is 11.8. The number of benzene rings is 1. The number of ether oxygens (including phenoxy) is 2. The molecule has 126 valence electrons. The zero-order chi connectivity index (χ0) is 16.8. The molecule has 7 heteroatoms. The lowest BCUT2D eigenvalue weighted by molar-refractivity contribution is -0.858. The highest BCUT2D eigenvalue weighted by molar-refractivity contribution is 7.80. The van der Waals surface area contributed by atoms with Crippen molar-refractivity contribution in [3.05, 3.63) is 24.3 Å². The van der Waals surface area contributed by atoms with Gasteiger partial charge in [-0.05, 0) is 24.4 Å². The zero-order valence-electron chi connectivity index (χ0n) is 13.8. The Balaban J connectivity index is 2.06. The average Bonchev–Trinajstić information content (AvgIpc) is 2.56. The molecule has 1 aliphatic rings. The maximum Gasteiger partial charge on any atom is 0.348 e. The molecule has 0 unspecified atom stereocenters. The Morgan fingerprint density at radius 1 is 1.48 bits per heavy atom. The third kappa shape index (κ3) is 4.56. The van der Waals surface area contributed by atoms with E-state index in [2.05, 4.69) is 19.4 Å². The van der Waals surface area contributed by atoms with Crippen LogP contribution in [0.5, 0.6) is 5.75 Å². The van der Waals surface area contributed by atoms with E-state index in [1.807, 2.05) is 29.2 Å². The Bertz CT molecular complexity index is 565. The van der Waals surface area contributed by atoms with Crippen LogP contribution in [0.1, 0.15) is 6.42 Å². The molecule has 0 aliphatic carbocycles. The molecule has 1 aliphatic heterocycles. The molecule has 0 radical (unpaired) electrons. The van der Waals surface area contributed by atoms with Gasteiger partial charge in [0.2, 0.25) is 6.10 Å². The second kappa shape index (κ2) is 8.12. The third-order valence-electron chi connectivity index (χ3n) is 3.61. The summed E-state index contributed by atoms with van der Waals surface area (Å²) in [6, 6.07) is 7.55. The van der Waals surface area contributed by atoms with Gasteiger partial charge in [-0.2, -0.15) is 0 Å². The second-order valence-electron chi connectivity index (χ2n) is 5.75. The minimum Gasteiger partial charge on any atom is -0.475 e. The zero-order valence-corrected chi connectivity index (χ0v) is 14.6. The molecule has 2 N–H and O–H groups in total. The van der Waals surface area contributed by atoms with E-state index in [9.17, 15) is 4.79 Å². The predicted molar refractivity (Wildman–Crippen MR) is 93.1 cm³/mol. The lowest BCUT2D eigenvalue weighted by atomic mass is 10.2. The van der Waals surface area contributed by atoms with Crippen LogP contribution in [-0.4, -0.2) is 58.0 Å². The highest BCUT2D eigenvalue weighted by Crippen LogP contribution is 2.33. The number of carbonyl (C=O) groups is 1. The maximum absolute atomic E-state index is 11.8. The molecule has 0 fully saturated rings. The molecule has 1 aromatic rings. The SMILES string of the molecule is COC(=O)[C@H]1CN(C(=S)NCCC[NH+](C)C)c2ccccc2O1. The van der Waals surface area contributed by atoms with Crippen LogP contribution in [-0.2, 0) is 9.53 Å². The molecule has 1 atom stereocenters. The van der Waals surface area contributed by atoms with E-state index in [0.29, 0.717) is 17.4 Å². The standard InChI is InChI=1S/C16H23N3O3S/c1-18(2)10-6-9-17-16(23)19-11-14(15(20)21-3)22-13-8-5-4-7-12(13)19/h4-5,7-8,14H,6,9-11H2,1-3H3,(H,17,23)/p+1/t14-/m1/s1. The fourth-order valence-electron chi connectivity index (χ4n) is 2.41. The number of anilines is 1. The van der Waals surface area contributed by atoms with Crippen molar-refractivity contribution in [3.8, 4) is 5.75 Å². The van der Waals surface area contributed by atoms with Gasteiger partial charge in [-0.25, -0.2) is 4.79 Å². The summed E-state index contributed by atoms with van der Waals surface area (Å²) in [5.74, 6) is 0.236. The van der Waals surface area contributed by atoms with E-state index < -0.39 is 12.1 Å². The Labute approximate surface area is 142 Å². The Hall–Kier alpha value is -1.86. The summed E-state index contributed by atoms with van der Waals surface area (Å²) in [5, 5.41) is 3.86. The lowest BCUT2D eigenvalue weighted by Gasteiger charge is -2.35.